The summed E-state index contributed by atoms with van der Waals surface area (Å²) in [4.78, 5) is 13.3. The van der Waals surface area contributed by atoms with Gasteiger partial charge in [-0.2, -0.15) is 0 Å². The molecule has 1 unspecified atom stereocenters. The molecule has 2 rings (SSSR count). The largest absolute Gasteiger partial charge is 0.311 e. The average Bonchev–Trinajstić information content (AvgIpc) is 2.63. The number of carbonyl (C=O) groups excluding carboxylic acids is 1. The molecule has 1 aliphatic rings. The zero-order chi connectivity index (χ0) is 11.7. The molecule has 1 amide bonds. The third-order valence-corrected chi connectivity index (χ3v) is 2.82. The van der Waals surface area contributed by atoms with Crippen LogP contribution in [-0.2, 0) is 4.79 Å². The smallest absolute Gasteiger partial charge is 0.228 e. The Morgan fingerprint density at radius 3 is 2.94 bits per heavy atom. The molecule has 0 saturated carbocycles. The quantitative estimate of drug-likeness (QED) is 0.660. The molecule has 0 radical (unpaired) electrons. The van der Waals surface area contributed by atoms with E-state index in [-0.39, 0.29) is 17.6 Å². The predicted molar refractivity (Wildman–Crippen MR) is 60.4 cm³/mol. The molecule has 1 aromatic rings. The van der Waals surface area contributed by atoms with Crippen molar-refractivity contribution in [3.63, 3.8) is 0 Å². The number of hydrogen-bond donors (Lipinski definition) is 0. The van der Waals surface area contributed by atoms with Crippen molar-refractivity contribution >= 4 is 11.6 Å². The fraction of sp³-hybridized carbons (Fsp3) is 0.308. The van der Waals surface area contributed by atoms with Gasteiger partial charge >= 0.3 is 0 Å². The summed E-state index contributed by atoms with van der Waals surface area (Å²) in [5, 5.41) is 0. The molecular weight excluding hydrogens is 205 g/mol. The second-order valence-corrected chi connectivity index (χ2v) is 4.00. The zero-order valence-corrected chi connectivity index (χ0v) is 9.03. The minimum atomic E-state index is -0.336. The summed E-state index contributed by atoms with van der Waals surface area (Å²) in [6.45, 7) is 2.34. The number of hydrogen-bond acceptors (Lipinski definition) is 1. The van der Waals surface area contributed by atoms with E-state index in [2.05, 4.69) is 5.92 Å². The summed E-state index contributed by atoms with van der Waals surface area (Å²) in [7, 11) is 0. The van der Waals surface area contributed by atoms with Crippen LogP contribution in [0.25, 0.3) is 0 Å². The molecule has 0 aromatic heterocycles. The van der Waals surface area contributed by atoms with Crippen LogP contribution >= 0.6 is 0 Å². The second-order valence-electron chi connectivity index (χ2n) is 4.00. The van der Waals surface area contributed by atoms with Gasteiger partial charge < -0.3 is 4.90 Å². The molecule has 16 heavy (non-hydrogen) atoms. The van der Waals surface area contributed by atoms with Gasteiger partial charge in [0.1, 0.15) is 5.82 Å². The molecule has 1 aromatic carbocycles. The average molecular weight is 217 g/mol. The second kappa shape index (κ2) is 3.97. The van der Waals surface area contributed by atoms with Gasteiger partial charge in [-0.1, -0.05) is 6.07 Å². The first-order valence-corrected chi connectivity index (χ1v) is 5.14. The highest BCUT2D eigenvalue weighted by molar-refractivity contribution is 5.96. The maximum absolute atomic E-state index is 13.1. The Morgan fingerprint density at radius 2 is 2.31 bits per heavy atom. The summed E-state index contributed by atoms with van der Waals surface area (Å²) >= 11 is 0. The van der Waals surface area contributed by atoms with E-state index in [0.29, 0.717) is 18.7 Å². The van der Waals surface area contributed by atoms with E-state index in [9.17, 15) is 9.18 Å². The molecule has 1 saturated heterocycles. The standard InChI is InChI=1S/C13H12FNO/c1-3-10-6-13(16)15(8-10)12-7-11(14)5-4-9(12)2/h1,4-5,7,10H,6,8H2,2H3. The van der Waals surface area contributed by atoms with E-state index in [1.807, 2.05) is 6.92 Å². The monoisotopic (exact) mass is 217 g/mol. The van der Waals surface area contributed by atoms with Crippen molar-refractivity contribution < 1.29 is 9.18 Å². The van der Waals surface area contributed by atoms with E-state index in [0.717, 1.165) is 5.56 Å². The van der Waals surface area contributed by atoms with Crippen LogP contribution in [0.3, 0.4) is 0 Å². The van der Waals surface area contributed by atoms with Gasteiger partial charge in [-0.05, 0) is 24.6 Å². The first-order chi connectivity index (χ1) is 7.61. The summed E-state index contributed by atoms with van der Waals surface area (Å²) < 4.78 is 13.1. The predicted octanol–water partition coefficient (Wildman–Crippen LogP) is 2.12. The number of amides is 1. The molecule has 82 valence electrons. The summed E-state index contributed by atoms with van der Waals surface area (Å²) in [5.74, 6) is 2.15. The number of terminal acetylenes is 1. The van der Waals surface area contributed by atoms with Gasteiger partial charge in [0.15, 0.2) is 0 Å². The molecule has 1 atom stereocenters. The Hall–Kier alpha value is -1.82. The first-order valence-electron chi connectivity index (χ1n) is 5.14. The molecule has 0 aliphatic carbocycles. The molecular formula is C13H12FNO. The number of anilines is 1. The Bertz CT molecular complexity index is 475. The minimum Gasteiger partial charge on any atom is -0.311 e. The van der Waals surface area contributed by atoms with E-state index >= 15 is 0 Å². The number of benzene rings is 1. The summed E-state index contributed by atoms with van der Waals surface area (Å²) in [6, 6.07) is 4.44. The lowest BCUT2D eigenvalue weighted by Gasteiger charge is -2.18. The molecule has 1 fully saturated rings. The van der Waals surface area contributed by atoms with Gasteiger partial charge in [-0.3, -0.25) is 4.79 Å². The lowest BCUT2D eigenvalue weighted by molar-refractivity contribution is -0.117. The molecule has 3 heteroatoms. The van der Waals surface area contributed by atoms with Crippen molar-refractivity contribution in [2.75, 3.05) is 11.4 Å². The molecule has 0 spiro atoms. The van der Waals surface area contributed by atoms with Crippen LogP contribution < -0.4 is 4.90 Å². The van der Waals surface area contributed by atoms with Gasteiger partial charge in [0.05, 0.1) is 0 Å². The number of nitrogens with zero attached hydrogens (tertiary/aromatic N) is 1. The molecule has 2 nitrogen and oxygen atoms in total. The van der Waals surface area contributed by atoms with E-state index in [1.165, 1.54) is 12.1 Å². The Labute approximate surface area is 94.1 Å². The molecule has 0 N–H and O–H groups in total. The van der Waals surface area contributed by atoms with Crippen LogP contribution in [0.5, 0.6) is 0 Å². The van der Waals surface area contributed by atoms with Gasteiger partial charge in [-0.25, -0.2) is 4.39 Å². The van der Waals surface area contributed by atoms with Gasteiger partial charge in [-0.15, -0.1) is 12.3 Å². The van der Waals surface area contributed by atoms with Crippen LogP contribution in [0.2, 0.25) is 0 Å². The van der Waals surface area contributed by atoms with E-state index < -0.39 is 0 Å². The maximum Gasteiger partial charge on any atom is 0.228 e. The first kappa shape index (κ1) is 10.7. The Kier molecular flexibility index (Phi) is 2.66. The van der Waals surface area contributed by atoms with Crippen molar-refractivity contribution in [3.05, 3.63) is 29.6 Å². The number of aryl methyl sites for hydroxylation is 1. The number of rotatable bonds is 1. The van der Waals surface area contributed by atoms with Crippen LogP contribution in [0, 0.1) is 31.0 Å². The van der Waals surface area contributed by atoms with Gasteiger partial charge in [0.25, 0.3) is 0 Å². The van der Waals surface area contributed by atoms with Crippen molar-refractivity contribution in [2.45, 2.75) is 13.3 Å². The summed E-state index contributed by atoms with van der Waals surface area (Å²) in [6.07, 6.45) is 5.65. The zero-order valence-electron chi connectivity index (χ0n) is 9.03. The Balaban J connectivity index is 2.35. The van der Waals surface area contributed by atoms with Crippen LogP contribution in [0.1, 0.15) is 12.0 Å². The number of carbonyl (C=O) groups is 1. The highest BCUT2D eigenvalue weighted by Crippen LogP contribution is 2.28. The summed E-state index contributed by atoms with van der Waals surface area (Å²) in [5.41, 5.74) is 1.51. The van der Waals surface area contributed by atoms with E-state index in [1.54, 1.807) is 11.0 Å². The molecule has 1 aliphatic heterocycles. The minimum absolute atomic E-state index is 0.0309. The lowest BCUT2D eigenvalue weighted by Crippen LogP contribution is -2.25. The third kappa shape index (κ3) is 1.79. The van der Waals surface area contributed by atoms with Gasteiger partial charge in [0.2, 0.25) is 5.91 Å². The van der Waals surface area contributed by atoms with Crippen molar-refractivity contribution in [2.24, 2.45) is 5.92 Å². The highest BCUT2D eigenvalue weighted by Gasteiger charge is 2.30. The SMILES string of the molecule is C#CC1CC(=O)N(c2cc(F)ccc2C)C1. The topological polar surface area (TPSA) is 20.3 Å². The molecule has 1 heterocycles. The van der Waals surface area contributed by atoms with Crippen LogP contribution in [0.4, 0.5) is 10.1 Å². The van der Waals surface area contributed by atoms with Crippen LogP contribution in [-0.4, -0.2) is 12.5 Å². The van der Waals surface area contributed by atoms with Crippen LogP contribution in [0.15, 0.2) is 18.2 Å². The normalized spacial score (nSPS) is 19.9. The maximum atomic E-state index is 13.1. The fourth-order valence-corrected chi connectivity index (χ4v) is 1.93. The molecule has 0 bridgehead atoms. The number of halogens is 1. The lowest BCUT2D eigenvalue weighted by atomic mass is 10.1. The van der Waals surface area contributed by atoms with Gasteiger partial charge in [0, 0.05) is 24.6 Å². The fourth-order valence-electron chi connectivity index (χ4n) is 1.93. The van der Waals surface area contributed by atoms with Crippen molar-refractivity contribution in [3.8, 4) is 12.3 Å². The van der Waals surface area contributed by atoms with E-state index in [4.69, 9.17) is 6.42 Å². The third-order valence-electron chi connectivity index (χ3n) is 2.82. The highest BCUT2D eigenvalue weighted by atomic mass is 19.1. The van der Waals surface area contributed by atoms with Crippen molar-refractivity contribution in [1.29, 1.82) is 0 Å². The Morgan fingerprint density at radius 1 is 1.56 bits per heavy atom. The van der Waals surface area contributed by atoms with Crippen molar-refractivity contribution in [1.82, 2.24) is 0 Å².